The van der Waals surface area contributed by atoms with E-state index in [0.29, 0.717) is 5.41 Å². The average molecular weight is 257 g/mol. The molecular weight excluding hydrogens is 226 g/mol. The van der Waals surface area contributed by atoms with Gasteiger partial charge in [0.15, 0.2) is 0 Å². The first-order chi connectivity index (χ1) is 8.47. The van der Waals surface area contributed by atoms with E-state index in [-0.39, 0.29) is 5.54 Å². The van der Waals surface area contributed by atoms with Crippen LogP contribution in [0.25, 0.3) is 0 Å². The van der Waals surface area contributed by atoms with Gasteiger partial charge >= 0.3 is 0 Å². The Kier molecular flexibility index (Phi) is 6.61. The van der Waals surface area contributed by atoms with Crippen molar-refractivity contribution in [2.75, 3.05) is 33.5 Å². The number of methoxy groups -OCH3 is 1. The summed E-state index contributed by atoms with van der Waals surface area (Å²) in [7, 11) is 1.78. The summed E-state index contributed by atoms with van der Waals surface area (Å²) >= 11 is 0. The molecule has 1 saturated heterocycles. The van der Waals surface area contributed by atoms with Gasteiger partial charge < -0.3 is 14.8 Å². The van der Waals surface area contributed by atoms with Gasteiger partial charge in [-0.1, -0.05) is 6.42 Å². The zero-order chi connectivity index (χ0) is 13.5. The molecule has 0 aliphatic carbocycles. The molecule has 0 radical (unpaired) electrons. The van der Waals surface area contributed by atoms with Gasteiger partial charge in [0.25, 0.3) is 0 Å². The Morgan fingerprint density at radius 2 is 1.83 bits per heavy atom. The van der Waals surface area contributed by atoms with E-state index in [1.807, 2.05) is 0 Å². The molecule has 1 N–H and O–H groups in total. The largest absolute Gasteiger partial charge is 0.385 e. The van der Waals surface area contributed by atoms with Crippen molar-refractivity contribution in [3.8, 4) is 0 Å². The first-order valence-corrected chi connectivity index (χ1v) is 7.29. The molecule has 0 aromatic rings. The van der Waals surface area contributed by atoms with Gasteiger partial charge in [0.2, 0.25) is 0 Å². The monoisotopic (exact) mass is 257 g/mol. The number of hydrogen-bond acceptors (Lipinski definition) is 3. The molecule has 0 bridgehead atoms. The predicted octanol–water partition coefficient (Wildman–Crippen LogP) is 2.99. The van der Waals surface area contributed by atoms with Gasteiger partial charge in [-0.2, -0.15) is 0 Å². The maximum atomic E-state index is 5.53. The third kappa shape index (κ3) is 6.17. The number of nitrogens with one attached hydrogen (secondary N) is 1. The van der Waals surface area contributed by atoms with Gasteiger partial charge in [-0.15, -0.1) is 0 Å². The predicted molar refractivity (Wildman–Crippen MR) is 76.0 cm³/mol. The van der Waals surface area contributed by atoms with Gasteiger partial charge in [-0.3, -0.25) is 0 Å². The fourth-order valence-corrected chi connectivity index (χ4v) is 2.52. The summed E-state index contributed by atoms with van der Waals surface area (Å²) in [6.07, 6.45) is 6.13. The molecule has 1 aliphatic heterocycles. The SMILES string of the molecule is COCCCCC1(CNC(C)(C)C)CCOCC1. The van der Waals surface area contributed by atoms with E-state index in [1.54, 1.807) is 7.11 Å². The lowest BCUT2D eigenvalue weighted by Crippen LogP contribution is -2.46. The molecule has 1 fully saturated rings. The Bertz CT molecular complexity index is 217. The third-order valence-corrected chi connectivity index (χ3v) is 3.85. The van der Waals surface area contributed by atoms with Gasteiger partial charge in [0, 0.05) is 39.0 Å². The van der Waals surface area contributed by atoms with E-state index < -0.39 is 0 Å². The molecular formula is C15H31NO2. The molecule has 1 heterocycles. The quantitative estimate of drug-likeness (QED) is 0.711. The molecule has 0 unspecified atom stereocenters. The summed E-state index contributed by atoms with van der Waals surface area (Å²) in [5.41, 5.74) is 0.650. The molecule has 0 aromatic carbocycles. The van der Waals surface area contributed by atoms with Crippen LogP contribution < -0.4 is 5.32 Å². The van der Waals surface area contributed by atoms with Crippen molar-refractivity contribution in [2.45, 2.75) is 58.4 Å². The van der Waals surface area contributed by atoms with E-state index in [9.17, 15) is 0 Å². The lowest BCUT2D eigenvalue weighted by molar-refractivity contribution is 0.00561. The Hall–Kier alpha value is -0.120. The molecule has 0 aromatic heterocycles. The molecule has 1 rings (SSSR count). The maximum absolute atomic E-state index is 5.53. The number of rotatable bonds is 7. The molecule has 0 spiro atoms. The minimum absolute atomic E-state index is 0.206. The van der Waals surface area contributed by atoms with E-state index in [0.717, 1.165) is 26.4 Å². The van der Waals surface area contributed by atoms with Crippen LogP contribution >= 0.6 is 0 Å². The second-order valence-corrected chi connectivity index (χ2v) is 6.67. The summed E-state index contributed by atoms with van der Waals surface area (Å²) in [6, 6.07) is 0. The van der Waals surface area contributed by atoms with Crippen LogP contribution in [0.5, 0.6) is 0 Å². The first kappa shape index (κ1) is 15.9. The van der Waals surface area contributed by atoms with E-state index in [1.165, 1.54) is 32.1 Å². The van der Waals surface area contributed by atoms with Crippen LogP contribution in [0, 0.1) is 5.41 Å². The van der Waals surface area contributed by atoms with E-state index >= 15 is 0 Å². The topological polar surface area (TPSA) is 30.5 Å². The highest BCUT2D eigenvalue weighted by Gasteiger charge is 2.32. The second kappa shape index (κ2) is 7.46. The van der Waals surface area contributed by atoms with Gasteiger partial charge in [-0.25, -0.2) is 0 Å². The molecule has 1 aliphatic rings. The highest BCUT2D eigenvalue weighted by molar-refractivity contribution is 4.86. The first-order valence-electron chi connectivity index (χ1n) is 7.29. The Morgan fingerprint density at radius 1 is 1.17 bits per heavy atom. The summed E-state index contributed by atoms with van der Waals surface area (Å²) in [5.74, 6) is 0. The Morgan fingerprint density at radius 3 is 2.39 bits per heavy atom. The van der Waals surface area contributed by atoms with Crippen molar-refractivity contribution in [1.29, 1.82) is 0 Å². The second-order valence-electron chi connectivity index (χ2n) is 6.67. The van der Waals surface area contributed by atoms with Crippen molar-refractivity contribution >= 4 is 0 Å². The molecule has 0 saturated carbocycles. The number of ether oxygens (including phenoxy) is 2. The molecule has 3 nitrogen and oxygen atoms in total. The number of unbranched alkanes of at least 4 members (excludes halogenated alkanes) is 1. The Labute approximate surface area is 113 Å². The van der Waals surface area contributed by atoms with Crippen LogP contribution in [-0.2, 0) is 9.47 Å². The highest BCUT2D eigenvalue weighted by atomic mass is 16.5. The van der Waals surface area contributed by atoms with Gasteiger partial charge in [0.1, 0.15) is 0 Å². The molecule has 0 atom stereocenters. The zero-order valence-corrected chi connectivity index (χ0v) is 12.7. The van der Waals surface area contributed by atoms with E-state index in [4.69, 9.17) is 9.47 Å². The minimum atomic E-state index is 0.206. The van der Waals surface area contributed by atoms with Crippen molar-refractivity contribution in [3.63, 3.8) is 0 Å². The van der Waals surface area contributed by atoms with Crippen LogP contribution in [-0.4, -0.2) is 39.0 Å². The van der Waals surface area contributed by atoms with Crippen molar-refractivity contribution in [2.24, 2.45) is 5.41 Å². The summed E-state index contributed by atoms with van der Waals surface area (Å²) in [6.45, 7) is 10.6. The van der Waals surface area contributed by atoms with Crippen molar-refractivity contribution < 1.29 is 9.47 Å². The van der Waals surface area contributed by atoms with Crippen LogP contribution in [0.1, 0.15) is 52.9 Å². The fourth-order valence-electron chi connectivity index (χ4n) is 2.52. The lowest BCUT2D eigenvalue weighted by Gasteiger charge is -2.40. The Balaban J connectivity index is 2.41. The van der Waals surface area contributed by atoms with Gasteiger partial charge in [-0.05, 0) is 51.9 Å². The van der Waals surface area contributed by atoms with Crippen molar-refractivity contribution in [1.82, 2.24) is 5.32 Å². The normalized spacial score (nSPS) is 20.0. The highest BCUT2D eigenvalue weighted by Crippen LogP contribution is 2.35. The standard InChI is InChI=1S/C15H31NO2/c1-14(2,3)16-13-15(7-5-6-10-17-4)8-11-18-12-9-15/h16H,5-13H2,1-4H3. The van der Waals surface area contributed by atoms with Crippen LogP contribution in [0.3, 0.4) is 0 Å². The average Bonchev–Trinajstić information content (AvgIpc) is 2.33. The van der Waals surface area contributed by atoms with E-state index in [2.05, 4.69) is 26.1 Å². The van der Waals surface area contributed by atoms with Gasteiger partial charge in [0.05, 0.1) is 0 Å². The minimum Gasteiger partial charge on any atom is -0.385 e. The van der Waals surface area contributed by atoms with Crippen LogP contribution in [0.15, 0.2) is 0 Å². The molecule has 108 valence electrons. The van der Waals surface area contributed by atoms with Crippen LogP contribution in [0.2, 0.25) is 0 Å². The summed E-state index contributed by atoms with van der Waals surface area (Å²) in [4.78, 5) is 0. The fraction of sp³-hybridized carbons (Fsp3) is 1.00. The molecule has 3 heteroatoms. The number of hydrogen-bond donors (Lipinski definition) is 1. The smallest absolute Gasteiger partial charge is 0.0471 e. The summed E-state index contributed by atoms with van der Waals surface area (Å²) < 4.78 is 10.7. The lowest BCUT2D eigenvalue weighted by atomic mass is 9.75. The van der Waals surface area contributed by atoms with Crippen LogP contribution in [0.4, 0.5) is 0 Å². The zero-order valence-electron chi connectivity index (χ0n) is 12.7. The molecule has 18 heavy (non-hydrogen) atoms. The molecule has 0 amide bonds. The maximum Gasteiger partial charge on any atom is 0.0471 e. The third-order valence-electron chi connectivity index (χ3n) is 3.85. The van der Waals surface area contributed by atoms with Crippen molar-refractivity contribution in [3.05, 3.63) is 0 Å². The summed E-state index contributed by atoms with van der Waals surface area (Å²) in [5, 5.41) is 3.69.